The highest BCUT2D eigenvalue weighted by Crippen LogP contribution is 2.44. The van der Waals surface area contributed by atoms with Gasteiger partial charge in [-0.1, -0.05) is 12.8 Å². The summed E-state index contributed by atoms with van der Waals surface area (Å²) in [6.07, 6.45) is -6.54. The predicted octanol–water partition coefficient (Wildman–Crippen LogP) is 4.44. The zero-order valence-electron chi connectivity index (χ0n) is 23.4. The van der Waals surface area contributed by atoms with Crippen LogP contribution in [0.1, 0.15) is 56.9 Å². The molecule has 1 N–H and O–H groups in total. The molecule has 1 aliphatic heterocycles. The van der Waals surface area contributed by atoms with Gasteiger partial charge in [-0.05, 0) is 56.7 Å². The first-order chi connectivity index (χ1) is 20.1. The van der Waals surface area contributed by atoms with Crippen LogP contribution in [0, 0.1) is 17.2 Å². The summed E-state index contributed by atoms with van der Waals surface area (Å²) in [6.45, 7) is -1.05. The second-order valence-electron chi connectivity index (χ2n) is 12.1. The van der Waals surface area contributed by atoms with Gasteiger partial charge in [-0.15, -0.1) is 0 Å². The molecule has 1 aromatic carbocycles. The number of sulfone groups is 1. The van der Waals surface area contributed by atoms with Crippen LogP contribution < -0.4 is 10.2 Å². The van der Waals surface area contributed by atoms with Crippen molar-refractivity contribution in [2.45, 2.75) is 91.6 Å². The normalized spacial score (nSPS) is 26.8. The lowest BCUT2D eigenvalue weighted by Gasteiger charge is -2.36. The number of ether oxygens (including phenoxy) is 1. The van der Waals surface area contributed by atoms with Crippen molar-refractivity contribution in [2.24, 2.45) is 5.92 Å². The number of amides is 1. The summed E-state index contributed by atoms with van der Waals surface area (Å²) in [5.41, 5.74) is -2.29. The van der Waals surface area contributed by atoms with Crippen LogP contribution in [0.5, 0.6) is 0 Å². The molecule has 0 aromatic heterocycles. The summed E-state index contributed by atoms with van der Waals surface area (Å²) in [4.78, 5) is 15.0. The number of rotatable bonds is 8. The monoisotopic (exact) mass is 636 g/mol. The maximum atomic E-state index is 14.3. The quantitative estimate of drug-likeness (QED) is 0.421. The molecule has 3 aliphatic carbocycles. The van der Waals surface area contributed by atoms with Gasteiger partial charge in [0.1, 0.15) is 5.54 Å². The van der Waals surface area contributed by atoms with E-state index in [-0.39, 0.29) is 50.8 Å². The van der Waals surface area contributed by atoms with Crippen LogP contribution in [0.4, 0.5) is 32.0 Å². The SMILES string of the molecule is N#CC1(NC(=O)[C@H]2C[C@H](S(=O)(=O)c3ccc(N4CCN(CC(F)(F)F)CC4)cc3C(F)(F)F)C[C@@H]2OC2CCCC2)CC1. The summed E-state index contributed by atoms with van der Waals surface area (Å²) < 4.78 is 115. The maximum Gasteiger partial charge on any atom is 0.417 e. The fraction of sp³-hybridized carbons (Fsp3) is 0.714. The van der Waals surface area contributed by atoms with Gasteiger partial charge < -0.3 is 15.0 Å². The van der Waals surface area contributed by atoms with E-state index in [0.29, 0.717) is 12.8 Å². The van der Waals surface area contributed by atoms with E-state index in [2.05, 4.69) is 11.4 Å². The molecule has 3 atom stereocenters. The molecule has 5 rings (SSSR count). The molecule has 3 saturated carbocycles. The molecule has 8 nitrogen and oxygen atoms in total. The van der Waals surface area contributed by atoms with Crippen LogP contribution in [0.3, 0.4) is 0 Å². The first kappa shape index (κ1) is 31.8. The Morgan fingerprint density at radius 3 is 2.26 bits per heavy atom. The lowest BCUT2D eigenvalue weighted by atomic mass is 10.0. The van der Waals surface area contributed by atoms with Gasteiger partial charge in [0.15, 0.2) is 9.84 Å². The van der Waals surface area contributed by atoms with Gasteiger partial charge >= 0.3 is 12.4 Å². The lowest BCUT2D eigenvalue weighted by Crippen LogP contribution is -2.49. The summed E-state index contributed by atoms with van der Waals surface area (Å²) in [7, 11) is -4.59. The number of benzene rings is 1. The van der Waals surface area contributed by atoms with E-state index < -0.39 is 67.9 Å². The zero-order valence-corrected chi connectivity index (χ0v) is 24.2. The third-order valence-corrected chi connectivity index (χ3v) is 11.2. The fourth-order valence-electron chi connectivity index (χ4n) is 6.41. The molecule has 0 unspecified atom stereocenters. The molecule has 1 heterocycles. The van der Waals surface area contributed by atoms with Crippen LogP contribution in [0.2, 0.25) is 0 Å². The molecular formula is C28H34F6N4O4S. The summed E-state index contributed by atoms with van der Waals surface area (Å²) >= 11 is 0. The molecule has 4 fully saturated rings. The average Bonchev–Trinajstić information content (AvgIpc) is 3.29. The third-order valence-electron chi connectivity index (χ3n) is 8.95. The van der Waals surface area contributed by atoms with E-state index in [4.69, 9.17) is 4.74 Å². The second-order valence-corrected chi connectivity index (χ2v) is 14.3. The van der Waals surface area contributed by atoms with Gasteiger partial charge in [0.2, 0.25) is 5.91 Å². The van der Waals surface area contributed by atoms with Gasteiger partial charge in [0.05, 0.1) is 46.4 Å². The fourth-order valence-corrected chi connectivity index (χ4v) is 8.41. The van der Waals surface area contributed by atoms with E-state index in [1.807, 2.05) is 0 Å². The highest BCUT2D eigenvalue weighted by atomic mass is 32.2. The minimum absolute atomic E-state index is 0.0120. The molecule has 1 amide bonds. The highest BCUT2D eigenvalue weighted by molar-refractivity contribution is 7.92. The summed E-state index contributed by atoms with van der Waals surface area (Å²) in [5, 5.41) is 10.8. The Hall–Kier alpha value is -2.57. The van der Waals surface area contributed by atoms with Crippen LogP contribution in [0.25, 0.3) is 0 Å². The van der Waals surface area contributed by atoms with Crippen LogP contribution in [0.15, 0.2) is 23.1 Å². The van der Waals surface area contributed by atoms with Gasteiger partial charge in [-0.25, -0.2) is 8.42 Å². The third kappa shape index (κ3) is 7.23. The number of hydrogen-bond donors (Lipinski definition) is 1. The molecule has 0 spiro atoms. The van der Waals surface area contributed by atoms with Gasteiger partial charge in [0, 0.05) is 31.9 Å². The Labute approximate surface area is 246 Å². The van der Waals surface area contributed by atoms with Crippen molar-refractivity contribution < 1.29 is 44.3 Å². The number of nitrogens with zero attached hydrogens (tertiary/aromatic N) is 3. The molecule has 1 saturated heterocycles. The van der Waals surface area contributed by atoms with E-state index in [1.165, 1.54) is 15.9 Å². The van der Waals surface area contributed by atoms with Crippen molar-refractivity contribution in [1.82, 2.24) is 10.2 Å². The second kappa shape index (κ2) is 11.7. The number of anilines is 1. The van der Waals surface area contributed by atoms with Crippen molar-refractivity contribution in [2.75, 3.05) is 37.6 Å². The molecule has 1 aromatic rings. The van der Waals surface area contributed by atoms with E-state index >= 15 is 0 Å². The Morgan fingerprint density at radius 1 is 1.05 bits per heavy atom. The van der Waals surface area contributed by atoms with E-state index in [1.54, 1.807) is 0 Å². The number of carbonyl (C=O) groups is 1. The van der Waals surface area contributed by atoms with Crippen molar-refractivity contribution in [3.05, 3.63) is 23.8 Å². The van der Waals surface area contributed by atoms with Crippen molar-refractivity contribution in [3.63, 3.8) is 0 Å². The molecule has 238 valence electrons. The molecule has 0 radical (unpaired) electrons. The highest BCUT2D eigenvalue weighted by Gasteiger charge is 2.52. The number of hydrogen-bond acceptors (Lipinski definition) is 7. The summed E-state index contributed by atoms with van der Waals surface area (Å²) in [6, 6.07) is 4.95. The van der Waals surface area contributed by atoms with Crippen molar-refractivity contribution in [3.8, 4) is 6.07 Å². The molecular weight excluding hydrogens is 602 g/mol. The average molecular weight is 637 g/mol. The smallest absolute Gasteiger partial charge is 0.374 e. The van der Waals surface area contributed by atoms with Crippen molar-refractivity contribution in [1.29, 1.82) is 5.26 Å². The van der Waals surface area contributed by atoms with Gasteiger partial charge in [-0.3, -0.25) is 9.69 Å². The topological polar surface area (TPSA) is 103 Å². The van der Waals surface area contributed by atoms with Crippen LogP contribution in [-0.2, 0) is 25.5 Å². The molecule has 43 heavy (non-hydrogen) atoms. The largest absolute Gasteiger partial charge is 0.417 e. The van der Waals surface area contributed by atoms with E-state index in [9.17, 15) is 44.8 Å². The van der Waals surface area contributed by atoms with Gasteiger partial charge in [0.25, 0.3) is 0 Å². The number of halogens is 6. The number of piperazine rings is 1. The number of alkyl halides is 6. The molecule has 0 bridgehead atoms. The minimum Gasteiger partial charge on any atom is -0.374 e. The Balaban J connectivity index is 1.37. The van der Waals surface area contributed by atoms with Crippen LogP contribution in [-0.4, -0.2) is 81.1 Å². The standard InChI is InChI=1S/C28H34F6N4O4S/c29-27(30,31)17-37-9-11-38(12-10-37)18-5-6-24(22(13-18)28(32,33)34)43(40,41)20-14-21(25(39)36-26(16-35)7-8-26)23(15-20)42-19-3-1-2-4-19/h5-6,13,19-21,23H,1-4,7-12,14-15,17H2,(H,36,39)/t20-,21-,23-/m0/s1. The Bertz CT molecular complexity index is 1340. The van der Waals surface area contributed by atoms with E-state index in [0.717, 1.165) is 37.8 Å². The number of nitriles is 1. The van der Waals surface area contributed by atoms with Gasteiger partial charge in [-0.2, -0.15) is 31.6 Å². The first-order valence-electron chi connectivity index (χ1n) is 14.5. The Kier molecular flexibility index (Phi) is 8.69. The minimum atomic E-state index is -5.03. The lowest BCUT2D eigenvalue weighted by molar-refractivity contribution is -0.146. The zero-order chi connectivity index (χ0) is 31.2. The molecule has 15 heteroatoms. The van der Waals surface area contributed by atoms with Crippen molar-refractivity contribution >= 4 is 21.4 Å². The van der Waals surface area contributed by atoms with Crippen LogP contribution >= 0.6 is 0 Å². The Morgan fingerprint density at radius 2 is 1.70 bits per heavy atom. The first-order valence-corrected chi connectivity index (χ1v) is 16.0. The summed E-state index contributed by atoms with van der Waals surface area (Å²) in [5.74, 6) is -1.47. The number of nitrogens with one attached hydrogen (secondary N) is 1. The number of carbonyl (C=O) groups excluding carboxylic acids is 1. The maximum absolute atomic E-state index is 14.3. The predicted molar refractivity (Wildman–Crippen MR) is 143 cm³/mol. The molecule has 4 aliphatic rings.